The van der Waals surface area contributed by atoms with Crippen LogP contribution < -0.4 is 10.6 Å². The van der Waals surface area contributed by atoms with Crippen molar-refractivity contribution in [1.29, 1.82) is 0 Å². The zero-order valence-electron chi connectivity index (χ0n) is 17.0. The van der Waals surface area contributed by atoms with Crippen molar-refractivity contribution in [3.8, 4) is 0 Å². The molecule has 154 valence electrons. The first kappa shape index (κ1) is 22.8. The van der Waals surface area contributed by atoms with Crippen LogP contribution in [-0.4, -0.2) is 60.8 Å². The lowest BCUT2D eigenvalue weighted by Gasteiger charge is -2.38. The number of hydrogen-bond donors (Lipinski definition) is 2. The Morgan fingerprint density at radius 1 is 1.32 bits per heavy atom. The largest absolute Gasteiger partial charge is 0.379 e. The summed E-state index contributed by atoms with van der Waals surface area (Å²) in [5.41, 5.74) is 2.20. The maximum absolute atomic E-state index is 5.55. The Kier molecular flexibility index (Phi) is 9.40. The number of nitrogens with one attached hydrogen (secondary N) is 2. The molecule has 1 saturated heterocycles. The molecule has 0 bridgehead atoms. The van der Waals surface area contributed by atoms with Crippen molar-refractivity contribution in [2.45, 2.75) is 39.4 Å². The average Bonchev–Trinajstić information content (AvgIpc) is 2.70. The van der Waals surface area contributed by atoms with Crippen LogP contribution in [0.15, 0.2) is 41.5 Å². The molecule has 2 aromatic rings. The summed E-state index contributed by atoms with van der Waals surface area (Å²) in [6.07, 6.45) is 1.86. The van der Waals surface area contributed by atoms with Crippen LogP contribution in [-0.2, 0) is 11.3 Å². The van der Waals surface area contributed by atoms with Crippen molar-refractivity contribution >= 4 is 40.8 Å². The first-order valence-corrected chi connectivity index (χ1v) is 9.87. The first-order chi connectivity index (χ1) is 13.2. The van der Waals surface area contributed by atoms with Crippen molar-refractivity contribution in [3.63, 3.8) is 0 Å². The highest BCUT2D eigenvalue weighted by Crippen LogP contribution is 2.16. The molecule has 6 nitrogen and oxygen atoms in total. The Morgan fingerprint density at radius 3 is 2.93 bits per heavy atom. The van der Waals surface area contributed by atoms with E-state index in [2.05, 4.69) is 47.4 Å². The fraction of sp³-hybridized carbons (Fsp3) is 0.524. The second kappa shape index (κ2) is 11.5. The van der Waals surface area contributed by atoms with Crippen LogP contribution in [0.5, 0.6) is 0 Å². The monoisotopic (exact) mass is 497 g/mol. The van der Waals surface area contributed by atoms with Gasteiger partial charge in [0.15, 0.2) is 5.96 Å². The fourth-order valence-corrected chi connectivity index (χ4v) is 3.56. The van der Waals surface area contributed by atoms with Gasteiger partial charge in [-0.2, -0.15) is 0 Å². The number of para-hydroxylation sites is 1. The molecule has 7 heteroatoms. The van der Waals surface area contributed by atoms with E-state index in [4.69, 9.17) is 9.73 Å². The highest BCUT2D eigenvalue weighted by molar-refractivity contribution is 14.0. The second-order valence-electron chi connectivity index (χ2n) is 7.07. The number of nitrogens with zero attached hydrogens (tertiary/aromatic N) is 3. The molecule has 0 spiro atoms. The smallest absolute Gasteiger partial charge is 0.191 e. The highest BCUT2D eigenvalue weighted by Gasteiger charge is 2.23. The van der Waals surface area contributed by atoms with Gasteiger partial charge in [0.2, 0.25) is 0 Å². The van der Waals surface area contributed by atoms with Gasteiger partial charge in [0.1, 0.15) is 0 Å². The number of aromatic nitrogens is 1. The summed E-state index contributed by atoms with van der Waals surface area (Å²) in [5, 5.41) is 8.01. The highest BCUT2D eigenvalue weighted by atomic mass is 127. The van der Waals surface area contributed by atoms with Gasteiger partial charge < -0.3 is 15.4 Å². The van der Waals surface area contributed by atoms with Gasteiger partial charge in [-0.1, -0.05) is 18.2 Å². The predicted molar refractivity (Wildman–Crippen MR) is 126 cm³/mol. The molecule has 0 radical (unpaired) electrons. The van der Waals surface area contributed by atoms with Crippen LogP contribution in [0.2, 0.25) is 0 Å². The molecule has 3 rings (SSSR count). The van der Waals surface area contributed by atoms with Crippen LogP contribution in [0.25, 0.3) is 10.9 Å². The van der Waals surface area contributed by atoms with Crippen LogP contribution in [0.4, 0.5) is 0 Å². The van der Waals surface area contributed by atoms with Gasteiger partial charge in [-0.05, 0) is 38.5 Å². The Balaban J connectivity index is 0.00000280. The van der Waals surface area contributed by atoms with E-state index >= 15 is 0 Å². The molecule has 2 atom stereocenters. The maximum atomic E-state index is 5.55. The minimum absolute atomic E-state index is 0. The third-order valence-corrected chi connectivity index (χ3v) is 5.04. The maximum Gasteiger partial charge on any atom is 0.191 e. The predicted octanol–water partition coefficient (Wildman–Crippen LogP) is 3.02. The zero-order valence-corrected chi connectivity index (χ0v) is 19.3. The van der Waals surface area contributed by atoms with Crippen molar-refractivity contribution in [2.24, 2.45) is 4.99 Å². The van der Waals surface area contributed by atoms with Crippen molar-refractivity contribution in [2.75, 3.05) is 32.8 Å². The van der Waals surface area contributed by atoms with E-state index in [1.165, 1.54) is 5.56 Å². The van der Waals surface area contributed by atoms with Gasteiger partial charge in [0, 0.05) is 43.3 Å². The number of pyridine rings is 1. The van der Waals surface area contributed by atoms with Crippen LogP contribution in [0.3, 0.4) is 0 Å². The molecule has 0 saturated carbocycles. The number of aliphatic imine (C=N–C) groups is 1. The molecule has 0 aliphatic carbocycles. The molecule has 1 aromatic carbocycles. The molecule has 2 heterocycles. The Morgan fingerprint density at radius 2 is 2.14 bits per heavy atom. The number of hydrogen-bond acceptors (Lipinski definition) is 4. The summed E-state index contributed by atoms with van der Waals surface area (Å²) >= 11 is 0. The normalized spacial score (nSPS) is 19.1. The molecule has 1 aliphatic rings. The van der Waals surface area contributed by atoms with Gasteiger partial charge in [0.05, 0.1) is 25.3 Å². The van der Waals surface area contributed by atoms with Gasteiger partial charge in [-0.3, -0.25) is 9.88 Å². The molecule has 2 unspecified atom stereocenters. The van der Waals surface area contributed by atoms with Gasteiger partial charge in [-0.25, -0.2) is 4.99 Å². The number of rotatable bonds is 6. The Bertz CT molecular complexity index is 764. The van der Waals surface area contributed by atoms with E-state index in [0.717, 1.165) is 49.7 Å². The van der Waals surface area contributed by atoms with Gasteiger partial charge in [0.25, 0.3) is 0 Å². The van der Waals surface area contributed by atoms with Crippen molar-refractivity contribution in [3.05, 3.63) is 42.1 Å². The van der Waals surface area contributed by atoms with E-state index in [0.29, 0.717) is 18.6 Å². The molecular formula is C21H32IN5O. The summed E-state index contributed by atoms with van der Waals surface area (Å²) < 4.78 is 5.55. The summed E-state index contributed by atoms with van der Waals surface area (Å²) in [7, 11) is 0. The molecule has 1 aliphatic heterocycles. The Hall–Kier alpha value is -1.45. The van der Waals surface area contributed by atoms with Gasteiger partial charge >= 0.3 is 0 Å². The summed E-state index contributed by atoms with van der Waals surface area (Å²) in [6, 6.07) is 11.1. The minimum Gasteiger partial charge on any atom is -0.379 e. The van der Waals surface area contributed by atoms with E-state index < -0.39 is 0 Å². The molecule has 0 amide bonds. The van der Waals surface area contributed by atoms with Crippen LogP contribution in [0, 0.1) is 0 Å². The first-order valence-electron chi connectivity index (χ1n) is 9.87. The molecule has 28 heavy (non-hydrogen) atoms. The third-order valence-electron chi connectivity index (χ3n) is 5.04. The number of guanidine groups is 1. The van der Waals surface area contributed by atoms with Crippen molar-refractivity contribution < 1.29 is 4.74 Å². The number of halogens is 1. The lowest BCUT2D eigenvalue weighted by atomic mass is 10.1. The van der Waals surface area contributed by atoms with E-state index in [1.807, 2.05) is 30.5 Å². The molecule has 1 fully saturated rings. The molecule has 1 aromatic heterocycles. The van der Waals surface area contributed by atoms with Crippen molar-refractivity contribution in [1.82, 2.24) is 20.5 Å². The number of morpholine rings is 1. The lowest BCUT2D eigenvalue weighted by Crippen LogP contribution is -2.53. The summed E-state index contributed by atoms with van der Waals surface area (Å²) in [6.45, 7) is 11.5. The van der Waals surface area contributed by atoms with E-state index in [9.17, 15) is 0 Å². The standard InChI is InChI=1S/C21H31N5O.HI/c1-4-22-21(24-13-16(2)26-11-12-27-15-17(26)3)25-14-18-9-10-23-20-8-6-5-7-19(18)20;/h5-10,16-17H,4,11-15H2,1-3H3,(H2,22,24,25);1H. The number of benzene rings is 1. The quantitative estimate of drug-likeness (QED) is 0.365. The van der Waals surface area contributed by atoms with E-state index in [-0.39, 0.29) is 24.0 Å². The lowest BCUT2D eigenvalue weighted by molar-refractivity contribution is -0.0174. The second-order valence-corrected chi connectivity index (χ2v) is 7.07. The van der Waals surface area contributed by atoms with Crippen LogP contribution in [0.1, 0.15) is 26.3 Å². The number of fused-ring (bicyclic) bond motifs is 1. The molecular weight excluding hydrogens is 465 g/mol. The minimum atomic E-state index is 0. The summed E-state index contributed by atoms with van der Waals surface area (Å²) in [5.74, 6) is 0.853. The zero-order chi connectivity index (χ0) is 19.1. The SMILES string of the molecule is CCNC(=NCc1ccnc2ccccc12)NCC(C)N1CCOCC1C.I. The van der Waals surface area contributed by atoms with E-state index in [1.54, 1.807) is 0 Å². The average molecular weight is 497 g/mol. The van der Waals surface area contributed by atoms with Gasteiger partial charge in [-0.15, -0.1) is 24.0 Å². The fourth-order valence-electron chi connectivity index (χ4n) is 3.56. The summed E-state index contributed by atoms with van der Waals surface area (Å²) in [4.78, 5) is 11.7. The van der Waals surface area contributed by atoms with Crippen LogP contribution >= 0.6 is 24.0 Å². The molecule has 2 N–H and O–H groups in total. The Labute approximate surface area is 185 Å². The third kappa shape index (κ3) is 6.02. The topological polar surface area (TPSA) is 61.8 Å². The number of ether oxygens (including phenoxy) is 1.